The van der Waals surface area contributed by atoms with Crippen LogP contribution in [0, 0.1) is 5.92 Å². The van der Waals surface area contributed by atoms with Crippen molar-refractivity contribution >= 4 is 21.4 Å². The van der Waals surface area contributed by atoms with Crippen LogP contribution in [-0.2, 0) is 0 Å². The number of benzene rings is 1. The molecule has 1 heterocycles. The van der Waals surface area contributed by atoms with Crippen LogP contribution in [0.3, 0.4) is 0 Å². The number of fused-ring (bicyclic) bond motifs is 1. The van der Waals surface area contributed by atoms with E-state index in [2.05, 4.69) is 63.3 Å². The van der Waals surface area contributed by atoms with Crippen LogP contribution in [0.4, 0.5) is 0 Å². The van der Waals surface area contributed by atoms with Crippen molar-refractivity contribution in [3.63, 3.8) is 0 Å². The highest BCUT2D eigenvalue weighted by molar-refractivity contribution is 7.19. The Labute approximate surface area is 114 Å². The molecule has 1 nitrogen and oxygen atoms in total. The maximum Gasteiger partial charge on any atom is 0.0388 e. The molecule has 18 heavy (non-hydrogen) atoms. The van der Waals surface area contributed by atoms with E-state index in [0.29, 0.717) is 12.1 Å². The Morgan fingerprint density at radius 3 is 2.56 bits per heavy atom. The molecule has 0 amide bonds. The zero-order chi connectivity index (χ0) is 13.1. The molecule has 0 aliphatic heterocycles. The van der Waals surface area contributed by atoms with Crippen LogP contribution in [0.25, 0.3) is 10.1 Å². The van der Waals surface area contributed by atoms with Crippen LogP contribution < -0.4 is 5.32 Å². The zero-order valence-corrected chi connectivity index (χ0v) is 12.6. The van der Waals surface area contributed by atoms with E-state index in [9.17, 15) is 0 Å². The monoisotopic (exact) mass is 261 g/mol. The van der Waals surface area contributed by atoms with Crippen molar-refractivity contribution in [2.45, 2.75) is 46.2 Å². The Bertz CT molecular complexity index is 470. The molecule has 3 atom stereocenters. The predicted octanol–water partition coefficient (Wildman–Crippen LogP) is 4.99. The van der Waals surface area contributed by atoms with Gasteiger partial charge in [-0.15, -0.1) is 11.3 Å². The van der Waals surface area contributed by atoms with Crippen LogP contribution in [0.15, 0.2) is 30.3 Å². The average Bonchev–Trinajstić information content (AvgIpc) is 2.81. The Morgan fingerprint density at radius 1 is 1.17 bits per heavy atom. The quantitative estimate of drug-likeness (QED) is 0.800. The average molecular weight is 261 g/mol. The first-order chi connectivity index (χ1) is 8.61. The smallest absolute Gasteiger partial charge is 0.0388 e. The van der Waals surface area contributed by atoms with E-state index in [0.717, 1.165) is 5.92 Å². The van der Waals surface area contributed by atoms with Gasteiger partial charge < -0.3 is 5.32 Å². The molecule has 0 radical (unpaired) electrons. The first-order valence-electron chi connectivity index (χ1n) is 6.86. The summed E-state index contributed by atoms with van der Waals surface area (Å²) in [5.74, 6) is 0.724. The Hall–Kier alpha value is -0.860. The van der Waals surface area contributed by atoms with Crippen molar-refractivity contribution in [1.82, 2.24) is 5.32 Å². The van der Waals surface area contributed by atoms with Crippen molar-refractivity contribution in [1.29, 1.82) is 0 Å². The van der Waals surface area contributed by atoms with E-state index in [-0.39, 0.29) is 0 Å². The summed E-state index contributed by atoms with van der Waals surface area (Å²) >= 11 is 1.90. The van der Waals surface area contributed by atoms with Gasteiger partial charge in [0, 0.05) is 21.7 Å². The summed E-state index contributed by atoms with van der Waals surface area (Å²) in [6.45, 7) is 9.13. The predicted molar refractivity (Wildman–Crippen MR) is 82.3 cm³/mol. The van der Waals surface area contributed by atoms with Crippen LogP contribution in [0.2, 0.25) is 0 Å². The molecule has 0 bridgehead atoms. The molecule has 0 aliphatic rings. The van der Waals surface area contributed by atoms with E-state index in [4.69, 9.17) is 0 Å². The summed E-state index contributed by atoms with van der Waals surface area (Å²) in [5, 5.41) is 5.08. The fraction of sp³-hybridized carbons (Fsp3) is 0.500. The minimum atomic E-state index is 0.436. The minimum absolute atomic E-state index is 0.436. The van der Waals surface area contributed by atoms with Gasteiger partial charge in [-0.1, -0.05) is 38.5 Å². The van der Waals surface area contributed by atoms with Gasteiger partial charge in [-0.25, -0.2) is 0 Å². The molecule has 1 aromatic carbocycles. The molecule has 0 spiro atoms. The number of thiophene rings is 1. The number of hydrogen-bond donors (Lipinski definition) is 1. The molecule has 3 unspecified atom stereocenters. The molecule has 0 saturated carbocycles. The van der Waals surface area contributed by atoms with Crippen LogP contribution >= 0.6 is 11.3 Å². The van der Waals surface area contributed by atoms with Crippen molar-refractivity contribution in [3.8, 4) is 0 Å². The van der Waals surface area contributed by atoms with Gasteiger partial charge in [0.25, 0.3) is 0 Å². The van der Waals surface area contributed by atoms with Crippen molar-refractivity contribution in [2.75, 3.05) is 0 Å². The SMILES string of the molecule is CCC(C)C(C)NC(C)c1cc2ccccc2s1. The molecule has 2 aromatic rings. The lowest BCUT2D eigenvalue weighted by Crippen LogP contribution is -2.33. The van der Waals surface area contributed by atoms with Gasteiger partial charge in [0.1, 0.15) is 0 Å². The summed E-state index contributed by atoms with van der Waals surface area (Å²) in [4.78, 5) is 1.44. The fourth-order valence-electron chi connectivity index (χ4n) is 2.21. The fourth-order valence-corrected chi connectivity index (χ4v) is 3.29. The molecule has 1 aromatic heterocycles. The molecular weight excluding hydrogens is 238 g/mol. The number of nitrogens with one attached hydrogen (secondary N) is 1. The van der Waals surface area contributed by atoms with Crippen LogP contribution in [0.5, 0.6) is 0 Å². The molecule has 98 valence electrons. The second-order valence-electron chi connectivity index (χ2n) is 5.25. The summed E-state index contributed by atoms with van der Waals surface area (Å²) < 4.78 is 1.39. The largest absolute Gasteiger partial charge is 0.307 e. The van der Waals surface area contributed by atoms with Gasteiger partial charge in [-0.2, -0.15) is 0 Å². The summed E-state index contributed by atoms with van der Waals surface area (Å²) in [5.41, 5.74) is 0. The highest BCUT2D eigenvalue weighted by atomic mass is 32.1. The first kappa shape index (κ1) is 13.6. The third kappa shape index (κ3) is 2.93. The lowest BCUT2D eigenvalue weighted by atomic mass is 10.00. The van der Waals surface area contributed by atoms with Crippen LogP contribution in [0.1, 0.15) is 45.0 Å². The molecule has 0 saturated heterocycles. The second-order valence-corrected chi connectivity index (χ2v) is 6.36. The van der Waals surface area contributed by atoms with Gasteiger partial charge in [0.2, 0.25) is 0 Å². The van der Waals surface area contributed by atoms with E-state index < -0.39 is 0 Å². The lowest BCUT2D eigenvalue weighted by molar-refractivity contribution is 0.362. The third-order valence-electron chi connectivity index (χ3n) is 3.88. The summed E-state index contributed by atoms with van der Waals surface area (Å²) in [6.07, 6.45) is 1.23. The van der Waals surface area contributed by atoms with Gasteiger partial charge in [-0.05, 0) is 37.3 Å². The maximum absolute atomic E-state index is 3.72. The highest BCUT2D eigenvalue weighted by Crippen LogP contribution is 2.30. The normalized spacial score (nSPS) is 16.7. The third-order valence-corrected chi connectivity index (χ3v) is 5.18. The van der Waals surface area contributed by atoms with Crippen molar-refractivity contribution < 1.29 is 0 Å². The second kappa shape index (κ2) is 5.85. The molecule has 1 N–H and O–H groups in total. The molecule has 0 fully saturated rings. The van der Waals surface area contributed by atoms with Gasteiger partial charge in [0.05, 0.1) is 0 Å². The summed E-state index contributed by atoms with van der Waals surface area (Å²) in [7, 11) is 0. The summed E-state index contributed by atoms with van der Waals surface area (Å²) in [6, 6.07) is 11.9. The Balaban J connectivity index is 2.11. The molecular formula is C16H23NS. The lowest BCUT2D eigenvalue weighted by Gasteiger charge is -2.23. The van der Waals surface area contributed by atoms with Crippen molar-refractivity contribution in [3.05, 3.63) is 35.2 Å². The van der Waals surface area contributed by atoms with E-state index >= 15 is 0 Å². The van der Waals surface area contributed by atoms with E-state index in [1.165, 1.54) is 21.4 Å². The van der Waals surface area contributed by atoms with Gasteiger partial charge >= 0.3 is 0 Å². The molecule has 0 aliphatic carbocycles. The maximum atomic E-state index is 3.72. The standard InChI is InChI=1S/C16H23NS/c1-5-11(2)12(3)17-13(4)16-10-14-8-6-7-9-15(14)18-16/h6-13,17H,5H2,1-4H3. The Morgan fingerprint density at radius 2 is 1.89 bits per heavy atom. The van der Waals surface area contributed by atoms with Gasteiger partial charge in [-0.3, -0.25) is 0 Å². The number of hydrogen-bond acceptors (Lipinski definition) is 2. The highest BCUT2D eigenvalue weighted by Gasteiger charge is 2.15. The molecule has 2 heteroatoms. The van der Waals surface area contributed by atoms with Crippen molar-refractivity contribution in [2.24, 2.45) is 5.92 Å². The topological polar surface area (TPSA) is 12.0 Å². The van der Waals surface area contributed by atoms with Crippen LogP contribution in [-0.4, -0.2) is 6.04 Å². The molecule has 2 rings (SSSR count). The van der Waals surface area contributed by atoms with E-state index in [1.807, 2.05) is 11.3 Å². The first-order valence-corrected chi connectivity index (χ1v) is 7.68. The zero-order valence-electron chi connectivity index (χ0n) is 11.7. The van der Waals surface area contributed by atoms with Gasteiger partial charge in [0.15, 0.2) is 0 Å². The number of rotatable bonds is 5. The minimum Gasteiger partial charge on any atom is -0.307 e. The van der Waals surface area contributed by atoms with E-state index in [1.54, 1.807) is 0 Å². The Kier molecular flexibility index (Phi) is 4.41.